The first kappa shape index (κ1) is 17.9. The molecule has 0 fully saturated rings. The number of aryl methyl sites for hydroxylation is 1. The van der Waals surface area contributed by atoms with Gasteiger partial charge >= 0.3 is 0 Å². The van der Waals surface area contributed by atoms with Crippen LogP contribution in [0.5, 0.6) is 0 Å². The van der Waals surface area contributed by atoms with Gasteiger partial charge in [-0.05, 0) is 19.1 Å². The van der Waals surface area contributed by atoms with E-state index in [9.17, 15) is 19.7 Å². The number of para-hydroxylation sites is 1. The van der Waals surface area contributed by atoms with Gasteiger partial charge < -0.3 is 0 Å². The van der Waals surface area contributed by atoms with E-state index in [1.807, 2.05) is 0 Å². The van der Waals surface area contributed by atoms with Crippen LogP contribution in [-0.4, -0.2) is 26.3 Å². The van der Waals surface area contributed by atoms with Crippen molar-refractivity contribution in [2.45, 2.75) is 6.92 Å². The summed E-state index contributed by atoms with van der Waals surface area (Å²) < 4.78 is 1.08. The Bertz CT molecular complexity index is 1150. The maximum atomic E-state index is 12.5. The number of amides is 1. The minimum Gasteiger partial charge on any atom is -0.267 e. The Morgan fingerprint density at radius 2 is 1.78 bits per heavy atom. The van der Waals surface area contributed by atoms with Crippen LogP contribution in [0.4, 0.5) is 5.69 Å². The molecule has 0 spiro atoms. The van der Waals surface area contributed by atoms with E-state index >= 15 is 0 Å². The number of nitrogens with zero attached hydrogens (tertiary/aromatic N) is 4. The van der Waals surface area contributed by atoms with Gasteiger partial charge in [-0.25, -0.2) is 10.1 Å². The van der Waals surface area contributed by atoms with Crippen molar-refractivity contribution in [2.24, 2.45) is 12.1 Å². The normalized spacial score (nSPS) is 11.4. The van der Waals surface area contributed by atoms with Gasteiger partial charge in [-0.2, -0.15) is 10.2 Å². The van der Waals surface area contributed by atoms with E-state index in [4.69, 9.17) is 0 Å². The Balaban J connectivity index is 1.97. The Labute approximate surface area is 153 Å². The molecule has 1 amide bonds. The average Bonchev–Trinajstić information content (AvgIpc) is 2.68. The zero-order valence-corrected chi connectivity index (χ0v) is 14.5. The Kier molecular flexibility index (Phi) is 4.75. The molecule has 9 heteroatoms. The van der Waals surface area contributed by atoms with Crippen LogP contribution in [0.1, 0.15) is 23.0 Å². The highest BCUT2D eigenvalue weighted by Crippen LogP contribution is 2.18. The van der Waals surface area contributed by atoms with Crippen LogP contribution >= 0.6 is 0 Å². The third kappa shape index (κ3) is 3.43. The molecular weight excluding hydrogens is 350 g/mol. The molecule has 3 rings (SSSR count). The van der Waals surface area contributed by atoms with Crippen LogP contribution in [0.3, 0.4) is 0 Å². The monoisotopic (exact) mass is 365 g/mol. The van der Waals surface area contributed by atoms with E-state index in [2.05, 4.69) is 15.6 Å². The number of carbonyl (C=O) groups excluding carboxylic acids is 1. The van der Waals surface area contributed by atoms with Gasteiger partial charge in [0, 0.05) is 18.5 Å². The number of benzene rings is 2. The molecule has 0 aliphatic rings. The number of nitro benzene ring substituents is 1. The molecule has 0 aliphatic carbocycles. The fraction of sp³-hybridized carbons (Fsp3) is 0.111. The van der Waals surface area contributed by atoms with Crippen molar-refractivity contribution in [1.82, 2.24) is 15.2 Å². The standard InChI is InChI=1S/C18H15N5O4/c1-11(12-7-5-6-10-15(12)23(26)27)19-20-17(24)16-13-8-3-4-9-14(13)18(25)22(2)21-16/h3-10H,1-2H3,(H,20,24)/b19-11-. The van der Waals surface area contributed by atoms with Gasteiger partial charge in [0.05, 0.1) is 21.6 Å². The first-order valence-corrected chi connectivity index (χ1v) is 7.94. The number of nitro groups is 1. The van der Waals surface area contributed by atoms with Gasteiger partial charge in [-0.1, -0.05) is 30.3 Å². The molecule has 0 aliphatic heterocycles. The van der Waals surface area contributed by atoms with Crippen LogP contribution in [0.25, 0.3) is 10.8 Å². The van der Waals surface area contributed by atoms with Crippen LogP contribution in [0.15, 0.2) is 58.4 Å². The number of aromatic nitrogens is 2. The number of nitrogens with one attached hydrogen (secondary N) is 1. The summed E-state index contributed by atoms with van der Waals surface area (Å²) in [4.78, 5) is 35.3. The highest BCUT2D eigenvalue weighted by atomic mass is 16.6. The maximum Gasteiger partial charge on any atom is 0.292 e. The van der Waals surface area contributed by atoms with Crippen LogP contribution < -0.4 is 11.0 Å². The number of hydrazone groups is 1. The molecule has 0 saturated carbocycles. The summed E-state index contributed by atoms with van der Waals surface area (Å²) in [5.41, 5.74) is 2.52. The molecule has 136 valence electrons. The van der Waals surface area contributed by atoms with E-state index in [1.165, 1.54) is 13.1 Å². The first-order chi connectivity index (χ1) is 12.9. The molecule has 0 bridgehead atoms. The van der Waals surface area contributed by atoms with Gasteiger partial charge in [0.15, 0.2) is 5.69 Å². The summed E-state index contributed by atoms with van der Waals surface area (Å²) in [6.07, 6.45) is 0. The zero-order valence-electron chi connectivity index (χ0n) is 14.5. The van der Waals surface area contributed by atoms with Gasteiger partial charge in [0.1, 0.15) is 0 Å². The molecule has 27 heavy (non-hydrogen) atoms. The van der Waals surface area contributed by atoms with Crippen molar-refractivity contribution in [2.75, 3.05) is 0 Å². The first-order valence-electron chi connectivity index (χ1n) is 7.94. The fourth-order valence-electron chi connectivity index (χ4n) is 2.65. The van der Waals surface area contributed by atoms with Crippen molar-refractivity contribution in [3.05, 3.63) is 80.3 Å². The second kappa shape index (κ2) is 7.16. The van der Waals surface area contributed by atoms with Crippen molar-refractivity contribution in [1.29, 1.82) is 0 Å². The van der Waals surface area contributed by atoms with Crippen molar-refractivity contribution in [3.63, 3.8) is 0 Å². The average molecular weight is 365 g/mol. The molecular formula is C18H15N5O4. The predicted molar refractivity (Wildman–Crippen MR) is 99.8 cm³/mol. The number of rotatable bonds is 4. The number of fused-ring (bicyclic) bond motifs is 1. The van der Waals surface area contributed by atoms with Crippen molar-refractivity contribution < 1.29 is 9.72 Å². The second-order valence-electron chi connectivity index (χ2n) is 5.74. The van der Waals surface area contributed by atoms with Crippen molar-refractivity contribution in [3.8, 4) is 0 Å². The molecule has 9 nitrogen and oxygen atoms in total. The van der Waals surface area contributed by atoms with Crippen LogP contribution in [0.2, 0.25) is 0 Å². The molecule has 0 unspecified atom stereocenters. The number of hydrogen-bond donors (Lipinski definition) is 1. The van der Waals surface area contributed by atoms with E-state index in [1.54, 1.807) is 49.4 Å². The minimum absolute atomic E-state index is 0.0341. The topological polar surface area (TPSA) is 119 Å². The lowest BCUT2D eigenvalue weighted by Gasteiger charge is -2.07. The molecule has 3 aromatic rings. The molecule has 1 aromatic heterocycles. The Morgan fingerprint density at radius 1 is 1.15 bits per heavy atom. The lowest BCUT2D eigenvalue weighted by molar-refractivity contribution is -0.385. The smallest absolute Gasteiger partial charge is 0.267 e. The number of hydrogen-bond acceptors (Lipinski definition) is 6. The third-order valence-electron chi connectivity index (χ3n) is 3.99. The quantitative estimate of drug-likeness (QED) is 0.431. The summed E-state index contributed by atoms with van der Waals surface area (Å²) in [7, 11) is 1.45. The number of carbonyl (C=O) groups is 1. The summed E-state index contributed by atoms with van der Waals surface area (Å²) in [5.74, 6) is -0.625. The van der Waals surface area contributed by atoms with Crippen LogP contribution in [-0.2, 0) is 7.05 Å². The van der Waals surface area contributed by atoms with Crippen LogP contribution in [0, 0.1) is 10.1 Å². The highest BCUT2D eigenvalue weighted by Gasteiger charge is 2.17. The molecule has 1 N–H and O–H groups in total. The lowest BCUT2D eigenvalue weighted by Crippen LogP contribution is -2.27. The summed E-state index contributed by atoms with van der Waals surface area (Å²) in [5, 5.41) is 19.9. The fourth-order valence-corrected chi connectivity index (χ4v) is 2.65. The Hall–Kier alpha value is -3.88. The molecule has 2 aromatic carbocycles. The molecule has 0 saturated heterocycles. The maximum absolute atomic E-state index is 12.5. The lowest BCUT2D eigenvalue weighted by atomic mass is 10.1. The van der Waals surface area contributed by atoms with Gasteiger partial charge in [-0.15, -0.1) is 0 Å². The van der Waals surface area contributed by atoms with E-state index in [-0.39, 0.29) is 22.7 Å². The third-order valence-corrected chi connectivity index (χ3v) is 3.99. The zero-order chi connectivity index (χ0) is 19.6. The van der Waals surface area contributed by atoms with Gasteiger partial charge in [0.2, 0.25) is 0 Å². The molecule has 0 atom stereocenters. The summed E-state index contributed by atoms with van der Waals surface area (Å²) >= 11 is 0. The van der Waals surface area contributed by atoms with E-state index < -0.39 is 10.8 Å². The van der Waals surface area contributed by atoms with Crippen molar-refractivity contribution >= 4 is 28.1 Å². The van der Waals surface area contributed by atoms with E-state index in [0.29, 0.717) is 16.3 Å². The van der Waals surface area contributed by atoms with Gasteiger partial charge in [-0.3, -0.25) is 19.7 Å². The summed E-state index contributed by atoms with van der Waals surface area (Å²) in [6.45, 7) is 1.55. The SMILES string of the molecule is C/C(=N/NC(=O)c1nn(C)c(=O)c2ccccc12)c1ccccc1[N+](=O)[O-]. The largest absolute Gasteiger partial charge is 0.292 e. The van der Waals surface area contributed by atoms with Gasteiger partial charge in [0.25, 0.3) is 17.2 Å². The summed E-state index contributed by atoms with van der Waals surface area (Å²) in [6, 6.07) is 12.7. The highest BCUT2D eigenvalue weighted by molar-refractivity contribution is 6.06. The predicted octanol–water partition coefficient (Wildman–Crippen LogP) is 2.00. The molecule has 1 heterocycles. The Morgan fingerprint density at radius 3 is 2.48 bits per heavy atom. The minimum atomic E-state index is -0.625. The second-order valence-corrected chi connectivity index (χ2v) is 5.74. The van der Waals surface area contributed by atoms with E-state index in [0.717, 1.165) is 4.68 Å². The molecule has 0 radical (unpaired) electrons.